The Labute approximate surface area is 247 Å². The van der Waals surface area contributed by atoms with Crippen molar-refractivity contribution in [2.24, 2.45) is 0 Å². The number of carbonyl (C=O) groups excluding carboxylic acids is 2. The molecule has 9 heteroatoms. The number of hydrogen-bond donors (Lipinski definition) is 0. The Kier molecular flexibility index (Phi) is 13.5. The van der Waals surface area contributed by atoms with E-state index >= 15 is 0 Å². The van der Waals surface area contributed by atoms with Crippen LogP contribution in [0.1, 0.15) is 53.4 Å². The topological polar surface area (TPSA) is 89.5 Å². The van der Waals surface area contributed by atoms with Gasteiger partial charge in [0.15, 0.2) is 12.2 Å². The Balaban J connectivity index is 1.97. The van der Waals surface area contributed by atoms with Crippen LogP contribution in [0.3, 0.4) is 0 Å². The van der Waals surface area contributed by atoms with Gasteiger partial charge in [0.2, 0.25) is 0 Å². The molecule has 0 aliphatic heterocycles. The summed E-state index contributed by atoms with van der Waals surface area (Å²) in [5, 5.41) is 3.67. The highest BCUT2D eigenvalue weighted by Crippen LogP contribution is 2.43. The van der Waals surface area contributed by atoms with Crippen LogP contribution in [-0.2, 0) is 28.5 Å². The van der Waals surface area contributed by atoms with Crippen LogP contribution >= 0.6 is 11.6 Å². The van der Waals surface area contributed by atoms with Gasteiger partial charge in [0.05, 0.1) is 13.2 Å². The van der Waals surface area contributed by atoms with E-state index in [0.29, 0.717) is 55.4 Å². The van der Waals surface area contributed by atoms with E-state index in [9.17, 15) is 9.59 Å². The third kappa shape index (κ3) is 9.48. The maximum atomic E-state index is 12.2. The first kappa shape index (κ1) is 32.4. The van der Waals surface area contributed by atoms with Crippen LogP contribution in [0.15, 0.2) is 42.5 Å². The quantitative estimate of drug-likeness (QED) is 0.117. The molecule has 0 saturated heterocycles. The minimum Gasteiger partial charge on any atom is -0.488 e. The summed E-state index contributed by atoms with van der Waals surface area (Å²) in [5.41, 5.74) is 0. The fourth-order valence-corrected chi connectivity index (χ4v) is 4.54. The Hall–Kier alpha value is -3.07. The third-order valence-electron chi connectivity index (χ3n) is 6.23. The van der Waals surface area contributed by atoms with Gasteiger partial charge < -0.3 is 28.4 Å². The molecule has 3 aromatic carbocycles. The van der Waals surface area contributed by atoms with Crippen LogP contribution < -0.4 is 9.47 Å². The molecule has 0 aliphatic rings. The number of benzene rings is 3. The van der Waals surface area contributed by atoms with Crippen molar-refractivity contribution in [1.82, 2.24) is 0 Å². The Bertz CT molecular complexity index is 1280. The SMILES string of the molecule is CCCC(=O)OC(COCC)COc1c2ccccc2c(OCC(COCC)OC(=O)CCC)c2cc(Cl)ccc12. The molecule has 0 radical (unpaired) electrons. The molecule has 0 spiro atoms. The van der Waals surface area contributed by atoms with Crippen molar-refractivity contribution in [1.29, 1.82) is 0 Å². The van der Waals surface area contributed by atoms with Crippen LogP contribution in [0, 0.1) is 0 Å². The monoisotopic (exact) mass is 588 g/mol. The summed E-state index contributed by atoms with van der Waals surface area (Å²) in [4.78, 5) is 24.5. The highest BCUT2D eigenvalue weighted by Gasteiger charge is 2.22. The molecule has 0 aliphatic carbocycles. The molecule has 0 bridgehead atoms. The molecule has 0 heterocycles. The summed E-state index contributed by atoms with van der Waals surface area (Å²) >= 11 is 6.44. The number of hydrogen-bond acceptors (Lipinski definition) is 8. The van der Waals surface area contributed by atoms with Crippen LogP contribution in [0.2, 0.25) is 5.02 Å². The Morgan fingerprint density at radius 2 is 1.12 bits per heavy atom. The second-order valence-corrected chi connectivity index (χ2v) is 9.99. The van der Waals surface area contributed by atoms with Crippen molar-refractivity contribution >= 4 is 45.1 Å². The van der Waals surface area contributed by atoms with E-state index in [2.05, 4.69) is 0 Å². The van der Waals surface area contributed by atoms with Crippen molar-refractivity contribution in [3.8, 4) is 11.5 Å². The number of rotatable bonds is 18. The molecule has 41 heavy (non-hydrogen) atoms. The van der Waals surface area contributed by atoms with Crippen molar-refractivity contribution in [3.05, 3.63) is 47.5 Å². The molecule has 0 amide bonds. The van der Waals surface area contributed by atoms with Gasteiger partial charge in [-0.25, -0.2) is 0 Å². The van der Waals surface area contributed by atoms with Crippen LogP contribution in [0.4, 0.5) is 0 Å². The number of carbonyl (C=O) groups is 2. The van der Waals surface area contributed by atoms with E-state index in [-0.39, 0.29) is 38.4 Å². The maximum absolute atomic E-state index is 12.2. The fraction of sp³-hybridized carbons (Fsp3) is 0.500. The van der Waals surface area contributed by atoms with E-state index in [0.717, 1.165) is 21.5 Å². The van der Waals surface area contributed by atoms with Gasteiger partial charge in [-0.3, -0.25) is 9.59 Å². The largest absolute Gasteiger partial charge is 0.488 e. The molecule has 3 rings (SSSR count). The molecule has 0 aromatic heterocycles. The second kappa shape index (κ2) is 17.0. The predicted molar refractivity (Wildman–Crippen MR) is 160 cm³/mol. The summed E-state index contributed by atoms with van der Waals surface area (Å²) < 4.78 is 35.1. The van der Waals surface area contributed by atoms with Crippen molar-refractivity contribution in [3.63, 3.8) is 0 Å². The van der Waals surface area contributed by atoms with Gasteiger partial charge in [-0.15, -0.1) is 0 Å². The van der Waals surface area contributed by atoms with Gasteiger partial charge in [0.1, 0.15) is 24.7 Å². The summed E-state index contributed by atoms with van der Waals surface area (Å²) in [6, 6.07) is 13.2. The first-order chi connectivity index (χ1) is 19.9. The van der Waals surface area contributed by atoms with Crippen LogP contribution in [0.25, 0.3) is 21.5 Å². The lowest BCUT2D eigenvalue weighted by atomic mass is 10.0. The molecular weight excluding hydrogens is 548 g/mol. The smallest absolute Gasteiger partial charge is 0.306 e. The molecule has 0 fully saturated rings. The minimum atomic E-state index is -0.574. The molecule has 2 unspecified atom stereocenters. The third-order valence-corrected chi connectivity index (χ3v) is 6.47. The van der Waals surface area contributed by atoms with E-state index in [1.165, 1.54) is 0 Å². The molecule has 2 atom stereocenters. The molecular formula is C32H41ClO8. The number of ether oxygens (including phenoxy) is 6. The van der Waals surface area contributed by atoms with Crippen molar-refractivity contribution < 1.29 is 38.0 Å². The molecule has 224 valence electrons. The first-order valence-electron chi connectivity index (χ1n) is 14.4. The summed E-state index contributed by atoms with van der Waals surface area (Å²) in [6.45, 7) is 9.28. The van der Waals surface area contributed by atoms with Crippen LogP contribution in [0.5, 0.6) is 11.5 Å². The summed E-state index contributed by atoms with van der Waals surface area (Å²) in [5.74, 6) is 0.641. The van der Waals surface area contributed by atoms with Gasteiger partial charge in [-0.1, -0.05) is 49.7 Å². The lowest BCUT2D eigenvalue weighted by molar-refractivity contribution is -0.154. The zero-order valence-electron chi connectivity index (χ0n) is 24.4. The molecule has 0 saturated carbocycles. The predicted octanol–water partition coefficient (Wildman–Crippen LogP) is 6.90. The van der Waals surface area contributed by atoms with E-state index < -0.39 is 12.2 Å². The summed E-state index contributed by atoms with van der Waals surface area (Å²) in [6.07, 6.45) is 0.908. The average molecular weight is 589 g/mol. The second-order valence-electron chi connectivity index (χ2n) is 9.56. The molecule has 8 nitrogen and oxygen atoms in total. The van der Waals surface area contributed by atoms with E-state index in [4.69, 9.17) is 40.0 Å². The van der Waals surface area contributed by atoms with E-state index in [1.54, 1.807) is 6.07 Å². The maximum Gasteiger partial charge on any atom is 0.306 e. The minimum absolute atomic E-state index is 0.102. The van der Waals surface area contributed by atoms with Gasteiger partial charge in [-0.2, -0.15) is 0 Å². The number of fused-ring (bicyclic) bond motifs is 2. The summed E-state index contributed by atoms with van der Waals surface area (Å²) in [7, 11) is 0. The highest BCUT2D eigenvalue weighted by atomic mass is 35.5. The van der Waals surface area contributed by atoms with Gasteiger partial charge in [0, 0.05) is 52.6 Å². The normalized spacial score (nSPS) is 12.7. The standard InChI is InChI=1S/C32H41ClO8/c1-5-11-29(34)40-23(18-36-7-3)20-38-31-25-13-9-10-14-26(25)32(28-17-22(33)15-16-27(28)31)39-21-24(19-37-8-4)41-30(35)12-6-2/h9-10,13-17,23-24H,5-8,11-12,18-21H2,1-4H3. The lowest BCUT2D eigenvalue weighted by Gasteiger charge is -2.23. The highest BCUT2D eigenvalue weighted by molar-refractivity contribution is 6.31. The number of esters is 2. The van der Waals surface area contributed by atoms with Gasteiger partial charge in [0.25, 0.3) is 0 Å². The van der Waals surface area contributed by atoms with E-state index in [1.807, 2.05) is 64.1 Å². The van der Waals surface area contributed by atoms with Gasteiger partial charge >= 0.3 is 11.9 Å². The lowest BCUT2D eigenvalue weighted by Crippen LogP contribution is -2.30. The Morgan fingerprint density at radius 1 is 0.659 bits per heavy atom. The van der Waals surface area contributed by atoms with Crippen molar-refractivity contribution in [2.45, 2.75) is 65.6 Å². The first-order valence-corrected chi connectivity index (χ1v) is 14.7. The zero-order chi connectivity index (χ0) is 29.6. The average Bonchev–Trinajstić information content (AvgIpc) is 2.96. The number of halogens is 1. The fourth-order valence-electron chi connectivity index (χ4n) is 4.36. The van der Waals surface area contributed by atoms with Gasteiger partial charge in [-0.05, 0) is 44.9 Å². The zero-order valence-corrected chi connectivity index (χ0v) is 25.2. The molecule has 0 N–H and O–H groups in total. The van der Waals surface area contributed by atoms with Crippen molar-refractivity contribution in [2.75, 3.05) is 39.6 Å². The van der Waals surface area contributed by atoms with Crippen LogP contribution in [-0.4, -0.2) is 63.8 Å². The molecule has 3 aromatic rings. The Morgan fingerprint density at radius 3 is 1.59 bits per heavy atom.